The van der Waals surface area contributed by atoms with E-state index in [9.17, 15) is 9.59 Å². The van der Waals surface area contributed by atoms with Gasteiger partial charge in [0.25, 0.3) is 5.91 Å². The molecule has 0 aliphatic heterocycles. The molecular formula is C26H27BrN2O3. The Labute approximate surface area is 197 Å². The maximum Gasteiger partial charge on any atom is 0.262 e. The fraction of sp³-hybridized carbons (Fsp3) is 0.231. The highest BCUT2D eigenvalue weighted by Crippen LogP contribution is 2.30. The third-order valence-corrected chi connectivity index (χ3v) is 5.45. The molecule has 2 amide bonds. The normalized spacial score (nSPS) is 10.4. The van der Waals surface area contributed by atoms with Crippen LogP contribution in [0.3, 0.4) is 0 Å². The zero-order valence-corrected chi connectivity index (χ0v) is 19.7. The molecule has 0 atom stereocenters. The Kier molecular flexibility index (Phi) is 8.87. The van der Waals surface area contributed by atoms with Crippen LogP contribution < -0.4 is 15.4 Å². The van der Waals surface area contributed by atoms with Gasteiger partial charge in [0.2, 0.25) is 5.91 Å². The van der Waals surface area contributed by atoms with E-state index in [0.717, 1.165) is 34.9 Å². The van der Waals surface area contributed by atoms with Crippen LogP contribution in [0.25, 0.3) is 11.1 Å². The van der Waals surface area contributed by atoms with Gasteiger partial charge in [-0.05, 0) is 63.8 Å². The predicted molar refractivity (Wildman–Crippen MR) is 133 cm³/mol. The van der Waals surface area contributed by atoms with E-state index in [1.165, 1.54) is 0 Å². The molecular weight excluding hydrogens is 468 g/mol. The molecule has 0 saturated heterocycles. The lowest BCUT2D eigenvalue weighted by Gasteiger charge is -2.11. The van der Waals surface area contributed by atoms with Crippen molar-refractivity contribution in [2.24, 2.45) is 0 Å². The number of halogens is 1. The van der Waals surface area contributed by atoms with Gasteiger partial charge in [-0.15, -0.1) is 0 Å². The fourth-order valence-corrected chi connectivity index (χ4v) is 3.70. The van der Waals surface area contributed by atoms with Gasteiger partial charge >= 0.3 is 0 Å². The molecule has 5 nitrogen and oxygen atoms in total. The summed E-state index contributed by atoms with van der Waals surface area (Å²) in [6.07, 6.45) is 3.48. The first kappa shape index (κ1) is 23.5. The number of ether oxygens (including phenoxy) is 1. The summed E-state index contributed by atoms with van der Waals surface area (Å²) in [6, 6.07) is 22.9. The van der Waals surface area contributed by atoms with E-state index in [0.29, 0.717) is 23.5 Å². The Hall–Kier alpha value is -3.12. The van der Waals surface area contributed by atoms with Gasteiger partial charge < -0.3 is 15.4 Å². The first-order valence-corrected chi connectivity index (χ1v) is 11.5. The quantitative estimate of drug-likeness (QED) is 0.310. The number of hydrogen-bond donors (Lipinski definition) is 2. The van der Waals surface area contributed by atoms with Crippen molar-refractivity contribution in [3.8, 4) is 16.9 Å². The highest BCUT2D eigenvalue weighted by molar-refractivity contribution is 9.10. The first-order chi connectivity index (χ1) is 15.5. The van der Waals surface area contributed by atoms with Gasteiger partial charge in [0, 0.05) is 17.8 Å². The van der Waals surface area contributed by atoms with Crippen LogP contribution in [0.5, 0.6) is 5.75 Å². The molecule has 3 aromatic rings. The van der Waals surface area contributed by atoms with Gasteiger partial charge in [0.1, 0.15) is 5.75 Å². The van der Waals surface area contributed by atoms with Gasteiger partial charge in [-0.25, -0.2) is 0 Å². The largest absolute Gasteiger partial charge is 0.483 e. The summed E-state index contributed by atoms with van der Waals surface area (Å²) in [5.74, 6) is 0.289. The number of rotatable bonds is 10. The van der Waals surface area contributed by atoms with E-state index < -0.39 is 0 Å². The van der Waals surface area contributed by atoms with Gasteiger partial charge in [0.05, 0.1) is 4.47 Å². The SMILES string of the molecule is CCCCCC(=O)Nc1cccc(NC(=O)COc2ccc(-c3ccccc3)cc2Br)c1. The van der Waals surface area contributed by atoms with Crippen LogP contribution in [0.1, 0.15) is 32.6 Å². The first-order valence-electron chi connectivity index (χ1n) is 10.7. The second-order valence-electron chi connectivity index (χ2n) is 7.43. The smallest absolute Gasteiger partial charge is 0.262 e. The average molecular weight is 495 g/mol. The zero-order valence-electron chi connectivity index (χ0n) is 18.1. The molecule has 6 heteroatoms. The molecule has 0 saturated carbocycles. The van der Waals surface area contributed by atoms with E-state index in [1.807, 2.05) is 48.5 Å². The van der Waals surface area contributed by atoms with Crippen LogP contribution >= 0.6 is 15.9 Å². The van der Waals surface area contributed by atoms with Crippen molar-refractivity contribution in [3.05, 3.63) is 77.3 Å². The van der Waals surface area contributed by atoms with E-state index in [-0.39, 0.29) is 18.4 Å². The highest BCUT2D eigenvalue weighted by Gasteiger charge is 2.09. The Bertz CT molecular complexity index is 1050. The van der Waals surface area contributed by atoms with Crippen molar-refractivity contribution in [1.29, 1.82) is 0 Å². The van der Waals surface area contributed by atoms with Crippen LogP contribution in [-0.2, 0) is 9.59 Å². The lowest BCUT2D eigenvalue weighted by Crippen LogP contribution is -2.20. The second kappa shape index (κ2) is 12.1. The number of unbranched alkanes of at least 4 members (excludes halogenated alkanes) is 2. The van der Waals surface area contributed by atoms with E-state index in [4.69, 9.17) is 4.74 Å². The van der Waals surface area contributed by atoms with Crippen LogP contribution in [0, 0.1) is 0 Å². The molecule has 0 heterocycles. The van der Waals surface area contributed by atoms with Crippen LogP contribution in [0.2, 0.25) is 0 Å². The van der Waals surface area contributed by atoms with E-state index in [1.54, 1.807) is 24.3 Å². The van der Waals surface area contributed by atoms with Crippen molar-refractivity contribution >= 4 is 39.1 Å². The third-order valence-electron chi connectivity index (χ3n) is 4.84. The van der Waals surface area contributed by atoms with Crippen LogP contribution in [0.4, 0.5) is 11.4 Å². The number of anilines is 2. The lowest BCUT2D eigenvalue weighted by atomic mass is 10.1. The van der Waals surface area contributed by atoms with Gasteiger partial charge in [-0.1, -0.05) is 62.2 Å². The number of hydrogen-bond acceptors (Lipinski definition) is 3. The van der Waals surface area contributed by atoms with Gasteiger partial charge in [-0.3, -0.25) is 9.59 Å². The summed E-state index contributed by atoms with van der Waals surface area (Å²) in [5.41, 5.74) is 3.42. The number of carbonyl (C=O) groups excluding carboxylic acids is 2. The maximum absolute atomic E-state index is 12.4. The minimum atomic E-state index is -0.282. The summed E-state index contributed by atoms with van der Waals surface area (Å²) < 4.78 is 6.46. The molecule has 0 aromatic heterocycles. The predicted octanol–water partition coefficient (Wildman–Crippen LogP) is 6.65. The molecule has 0 bridgehead atoms. The van der Waals surface area contributed by atoms with Crippen molar-refractivity contribution in [3.63, 3.8) is 0 Å². The summed E-state index contributed by atoms with van der Waals surface area (Å²) in [4.78, 5) is 24.4. The van der Waals surface area contributed by atoms with Crippen molar-refractivity contribution < 1.29 is 14.3 Å². The number of benzene rings is 3. The molecule has 0 aliphatic rings. The standard InChI is InChI=1S/C26H27BrN2O3/c1-2-3-5-13-25(30)28-21-11-8-12-22(17-21)29-26(31)18-32-24-15-14-20(16-23(24)27)19-9-6-4-7-10-19/h4,6-12,14-17H,2-3,5,13,18H2,1H3,(H,28,30)(H,29,31). The fourth-order valence-electron chi connectivity index (χ4n) is 3.20. The van der Waals surface area contributed by atoms with E-state index in [2.05, 4.69) is 33.5 Å². The minimum absolute atomic E-state index is 0.0194. The highest BCUT2D eigenvalue weighted by atomic mass is 79.9. The molecule has 0 aliphatic carbocycles. The summed E-state index contributed by atoms with van der Waals surface area (Å²) in [6.45, 7) is 1.98. The summed E-state index contributed by atoms with van der Waals surface area (Å²) in [7, 11) is 0. The number of carbonyl (C=O) groups is 2. The molecule has 32 heavy (non-hydrogen) atoms. The minimum Gasteiger partial charge on any atom is -0.483 e. The third kappa shape index (κ3) is 7.24. The number of amides is 2. The second-order valence-corrected chi connectivity index (χ2v) is 8.29. The number of nitrogens with one attached hydrogen (secondary N) is 2. The van der Waals surface area contributed by atoms with E-state index >= 15 is 0 Å². The Morgan fingerprint density at radius 2 is 1.53 bits per heavy atom. The Morgan fingerprint density at radius 1 is 0.812 bits per heavy atom. The molecule has 0 spiro atoms. The topological polar surface area (TPSA) is 67.4 Å². The molecule has 2 N–H and O–H groups in total. The van der Waals surface area contributed by atoms with Crippen molar-refractivity contribution in [2.75, 3.05) is 17.2 Å². The summed E-state index contributed by atoms with van der Waals surface area (Å²) in [5, 5.41) is 5.68. The zero-order chi connectivity index (χ0) is 22.8. The molecule has 0 fully saturated rings. The van der Waals surface area contributed by atoms with Gasteiger partial charge in [-0.2, -0.15) is 0 Å². The van der Waals surface area contributed by atoms with Crippen molar-refractivity contribution in [2.45, 2.75) is 32.6 Å². The molecule has 166 valence electrons. The molecule has 3 rings (SSSR count). The maximum atomic E-state index is 12.4. The Morgan fingerprint density at radius 3 is 2.22 bits per heavy atom. The monoisotopic (exact) mass is 494 g/mol. The molecule has 0 unspecified atom stereocenters. The average Bonchev–Trinajstić information content (AvgIpc) is 2.79. The summed E-state index contributed by atoms with van der Waals surface area (Å²) >= 11 is 3.52. The Balaban J connectivity index is 1.52. The van der Waals surface area contributed by atoms with Crippen LogP contribution in [-0.4, -0.2) is 18.4 Å². The molecule has 3 aromatic carbocycles. The van der Waals surface area contributed by atoms with Gasteiger partial charge in [0.15, 0.2) is 6.61 Å². The van der Waals surface area contributed by atoms with Crippen LogP contribution in [0.15, 0.2) is 77.3 Å². The van der Waals surface area contributed by atoms with Crippen molar-refractivity contribution in [1.82, 2.24) is 0 Å². The lowest BCUT2D eigenvalue weighted by molar-refractivity contribution is -0.118. The molecule has 0 radical (unpaired) electrons.